The molecule has 1 fully saturated rings. The summed E-state index contributed by atoms with van der Waals surface area (Å²) in [6.45, 7) is -0.207. The number of halogens is 2. The normalized spacial score (nSPS) is 16.9. The number of hydrogen-bond acceptors (Lipinski definition) is 2. The maximum Gasteiger partial charge on any atom is 0.314 e. The largest absolute Gasteiger partial charge is 0.481 e. The summed E-state index contributed by atoms with van der Waals surface area (Å²) in [6.07, 6.45) is 0.772. The number of carboxylic acid groups (broad SMARTS) is 1. The van der Waals surface area contributed by atoms with Crippen LogP contribution in [0.15, 0.2) is 12.1 Å². The Hall–Kier alpha value is -1.49. The molecule has 0 aromatic heterocycles. The molecule has 1 aliphatic rings. The van der Waals surface area contributed by atoms with Crippen molar-refractivity contribution in [2.45, 2.75) is 24.9 Å². The predicted octanol–water partition coefficient (Wildman–Crippen LogP) is 2.23. The fourth-order valence-corrected chi connectivity index (χ4v) is 1.97. The molecule has 0 atom stereocenters. The van der Waals surface area contributed by atoms with Crippen LogP contribution in [0, 0.1) is 11.6 Å². The van der Waals surface area contributed by atoms with E-state index in [1.54, 1.807) is 0 Å². The predicted molar refractivity (Wildman–Crippen MR) is 55.6 cm³/mol. The summed E-state index contributed by atoms with van der Waals surface area (Å²) in [5, 5.41) is 9.08. The average Bonchev–Trinajstić information content (AvgIpc) is 3.05. The van der Waals surface area contributed by atoms with E-state index in [0.29, 0.717) is 12.8 Å². The van der Waals surface area contributed by atoms with Gasteiger partial charge in [-0.25, -0.2) is 8.78 Å². The van der Waals surface area contributed by atoms with Gasteiger partial charge in [-0.2, -0.15) is 0 Å². The topological polar surface area (TPSA) is 46.5 Å². The first-order valence-corrected chi connectivity index (χ1v) is 5.22. The molecule has 2 rings (SSSR count). The molecule has 5 heteroatoms. The van der Waals surface area contributed by atoms with Crippen LogP contribution in [0.5, 0.6) is 0 Å². The Morgan fingerprint density at radius 1 is 1.47 bits per heavy atom. The molecule has 0 bridgehead atoms. The van der Waals surface area contributed by atoms with Gasteiger partial charge < -0.3 is 9.84 Å². The van der Waals surface area contributed by atoms with Crippen molar-refractivity contribution in [3.63, 3.8) is 0 Å². The first-order chi connectivity index (χ1) is 8.03. The van der Waals surface area contributed by atoms with Crippen LogP contribution in [-0.4, -0.2) is 18.2 Å². The number of aliphatic carboxylic acids is 1. The molecule has 1 N–H and O–H groups in total. The number of benzene rings is 1. The van der Waals surface area contributed by atoms with Crippen LogP contribution < -0.4 is 0 Å². The Balaban J connectivity index is 2.50. The highest BCUT2D eigenvalue weighted by molar-refractivity contribution is 5.85. The lowest BCUT2D eigenvalue weighted by Crippen LogP contribution is -2.22. The molecular weight excluding hydrogens is 230 g/mol. The smallest absolute Gasteiger partial charge is 0.314 e. The zero-order valence-corrected chi connectivity index (χ0v) is 9.30. The fourth-order valence-electron chi connectivity index (χ4n) is 1.97. The Labute approximate surface area is 97.0 Å². The minimum Gasteiger partial charge on any atom is -0.481 e. The van der Waals surface area contributed by atoms with E-state index in [-0.39, 0.29) is 17.7 Å². The molecule has 0 radical (unpaired) electrons. The number of carboxylic acids is 1. The molecular formula is C12H12F2O3. The standard InChI is InChI=1S/C12H12F2O3/c1-17-6-7-9(13)3-2-8(10(7)14)12(4-5-12)11(15)16/h2-3H,4-6H2,1H3,(H,15,16). The van der Waals surface area contributed by atoms with Crippen molar-refractivity contribution in [1.29, 1.82) is 0 Å². The lowest BCUT2D eigenvalue weighted by atomic mass is 9.93. The molecule has 1 aromatic carbocycles. The third kappa shape index (κ3) is 1.80. The van der Waals surface area contributed by atoms with Gasteiger partial charge in [0.05, 0.1) is 12.0 Å². The van der Waals surface area contributed by atoms with E-state index in [1.807, 2.05) is 0 Å². The van der Waals surface area contributed by atoms with Crippen LogP contribution in [0.25, 0.3) is 0 Å². The lowest BCUT2D eigenvalue weighted by molar-refractivity contribution is -0.140. The van der Waals surface area contributed by atoms with Gasteiger partial charge in [-0.15, -0.1) is 0 Å². The van der Waals surface area contributed by atoms with Crippen LogP contribution >= 0.6 is 0 Å². The first-order valence-electron chi connectivity index (χ1n) is 5.22. The van der Waals surface area contributed by atoms with Gasteiger partial charge in [0.15, 0.2) is 0 Å². The molecule has 92 valence electrons. The van der Waals surface area contributed by atoms with Gasteiger partial charge in [0.1, 0.15) is 11.6 Å². The van der Waals surface area contributed by atoms with Crippen LogP contribution in [0.2, 0.25) is 0 Å². The van der Waals surface area contributed by atoms with E-state index in [9.17, 15) is 13.6 Å². The van der Waals surface area contributed by atoms with E-state index < -0.39 is 23.0 Å². The first kappa shape index (κ1) is 12.0. The summed E-state index contributed by atoms with van der Waals surface area (Å²) >= 11 is 0. The van der Waals surface area contributed by atoms with E-state index >= 15 is 0 Å². The van der Waals surface area contributed by atoms with E-state index in [0.717, 1.165) is 6.07 Å². The van der Waals surface area contributed by atoms with E-state index in [2.05, 4.69) is 0 Å². The summed E-state index contributed by atoms with van der Waals surface area (Å²) < 4.78 is 32.1. The van der Waals surface area contributed by atoms with Crippen LogP contribution in [0.3, 0.4) is 0 Å². The average molecular weight is 242 g/mol. The lowest BCUT2D eigenvalue weighted by Gasteiger charge is -2.14. The molecule has 0 amide bonds. The van der Waals surface area contributed by atoms with Gasteiger partial charge in [-0.1, -0.05) is 6.07 Å². The molecule has 1 aliphatic carbocycles. The van der Waals surface area contributed by atoms with Gasteiger partial charge in [-0.05, 0) is 18.9 Å². The van der Waals surface area contributed by atoms with Gasteiger partial charge in [0.2, 0.25) is 0 Å². The van der Waals surface area contributed by atoms with Crippen molar-refractivity contribution in [1.82, 2.24) is 0 Å². The van der Waals surface area contributed by atoms with Gasteiger partial charge in [0.25, 0.3) is 0 Å². The summed E-state index contributed by atoms with van der Waals surface area (Å²) in [5.74, 6) is -2.58. The summed E-state index contributed by atoms with van der Waals surface area (Å²) in [4.78, 5) is 11.1. The van der Waals surface area contributed by atoms with E-state index in [1.165, 1.54) is 13.2 Å². The molecule has 0 spiro atoms. The maximum atomic E-state index is 14.0. The SMILES string of the molecule is COCc1c(F)ccc(C2(C(=O)O)CC2)c1F. The van der Waals surface area contributed by atoms with Gasteiger partial charge in [0, 0.05) is 18.2 Å². The second-order valence-corrected chi connectivity index (χ2v) is 4.21. The highest BCUT2D eigenvalue weighted by atomic mass is 19.1. The molecule has 1 aromatic rings. The number of hydrogen-bond donors (Lipinski definition) is 1. The molecule has 0 heterocycles. The molecule has 1 saturated carbocycles. The van der Waals surface area contributed by atoms with Crippen LogP contribution in [0.1, 0.15) is 24.0 Å². The quantitative estimate of drug-likeness (QED) is 0.880. The molecule has 0 unspecified atom stereocenters. The highest BCUT2D eigenvalue weighted by Gasteiger charge is 2.53. The zero-order chi connectivity index (χ0) is 12.6. The third-order valence-corrected chi connectivity index (χ3v) is 3.15. The summed E-state index contributed by atoms with van der Waals surface area (Å²) in [7, 11) is 1.33. The van der Waals surface area contributed by atoms with Crippen LogP contribution in [0.4, 0.5) is 8.78 Å². The highest BCUT2D eigenvalue weighted by Crippen LogP contribution is 2.49. The second kappa shape index (κ2) is 4.07. The molecule has 0 saturated heterocycles. The molecule has 0 aliphatic heterocycles. The number of methoxy groups -OCH3 is 1. The zero-order valence-electron chi connectivity index (χ0n) is 9.30. The second-order valence-electron chi connectivity index (χ2n) is 4.21. The Kier molecular flexibility index (Phi) is 2.87. The number of ether oxygens (including phenoxy) is 1. The van der Waals surface area contributed by atoms with Crippen molar-refractivity contribution in [2.24, 2.45) is 0 Å². The summed E-state index contributed by atoms with van der Waals surface area (Å²) in [6, 6.07) is 2.31. The molecule has 3 nitrogen and oxygen atoms in total. The Morgan fingerprint density at radius 3 is 2.59 bits per heavy atom. The Morgan fingerprint density at radius 2 is 2.12 bits per heavy atom. The number of rotatable bonds is 4. The monoisotopic (exact) mass is 242 g/mol. The van der Waals surface area contributed by atoms with Crippen LogP contribution in [-0.2, 0) is 21.6 Å². The van der Waals surface area contributed by atoms with Gasteiger partial charge >= 0.3 is 5.97 Å². The van der Waals surface area contributed by atoms with Crippen molar-refractivity contribution in [3.8, 4) is 0 Å². The van der Waals surface area contributed by atoms with Crippen molar-refractivity contribution >= 4 is 5.97 Å². The van der Waals surface area contributed by atoms with Crippen molar-refractivity contribution in [3.05, 3.63) is 34.9 Å². The van der Waals surface area contributed by atoms with Gasteiger partial charge in [-0.3, -0.25) is 4.79 Å². The fraction of sp³-hybridized carbons (Fsp3) is 0.417. The third-order valence-electron chi connectivity index (χ3n) is 3.15. The summed E-state index contributed by atoms with van der Waals surface area (Å²) in [5.41, 5.74) is -1.32. The number of carbonyl (C=O) groups is 1. The maximum absolute atomic E-state index is 14.0. The van der Waals surface area contributed by atoms with Crippen molar-refractivity contribution < 1.29 is 23.4 Å². The van der Waals surface area contributed by atoms with Crippen molar-refractivity contribution in [2.75, 3.05) is 7.11 Å². The minimum atomic E-state index is -1.17. The molecule has 17 heavy (non-hydrogen) atoms. The Bertz CT molecular complexity index is 467. The van der Waals surface area contributed by atoms with E-state index in [4.69, 9.17) is 9.84 Å². The minimum absolute atomic E-state index is 0.0541.